The highest BCUT2D eigenvalue weighted by Crippen LogP contribution is 2.26. The topological polar surface area (TPSA) is 79.4 Å². The predicted molar refractivity (Wildman–Crippen MR) is 129 cm³/mol. The summed E-state index contributed by atoms with van der Waals surface area (Å²) >= 11 is 1.33. The van der Waals surface area contributed by atoms with Gasteiger partial charge in [-0.3, -0.25) is 14.4 Å². The minimum Gasteiger partial charge on any atom is -0.298 e. The lowest BCUT2D eigenvalue weighted by Gasteiger charge is -2.19. The molecular formula is C24H21N3O3S2. The first-order valence-electron chi connectivity index (χ1n) is 9.82. The summed E-state index contributed by atoms with van der Waals surface area (Å²) in [6.07, 6.45) is 0. The number of aromatic nitrogens is 1. The Morgan fingerprint density at radius 2 is 1.59 bits per heavy atom. The number of nitrogens with one attached hydrogen (secondary N) is 1. The molecule has 1 heterocycles. The maximum Gasteiger partial charge on any atom is 0.264 e. The van der Waals surface area contributed by atoms with Gasteiger partial charge in [0.25, 0.3) is 15.9 Å². The van der Waals surface area contributed by atoms with Gasteiger partial charge in [0.05, 0.1) is 16.3 Å². The monoisotopic (exact) mass is 463 g/mol. The van der Waals surface area contributed by atoms with Gasteiger partial charge in [-0.2, -0.15) is 0 Å². The normalized spacial score (nSPS) is 11.2. The lowest BCUT2D eigenvalue weighted by atomic mass is 10.1. The molecule has 0 saturated carbocycles. The number of anilines is 2. The number of amides is 1. The number of benzene rings is 3. The summed E-state index contributed by atoms with van der Waals surface area (Å²) in [5.74, 6) is -0.352. The molecule has 32 heavy (non-hydrogen) atoms. The van der Waals surface area contributed by atoms with Gasteiger partial charge in [-0.25, -0.2) is 13.4 Å². The van der Waals surface area contributed by atoms with Gasteiger partial charge in [-0.05, 0) is 43.3 Å². The quantitative estimate of drug-likeness (QED) is 0.426. The fraction of sp³-hybridized carbons (Fsp3) is 0.0833. The van der Waals surface area contributed by atoms with E-state index in [0.29, 0.717) is 16.4 Å². The zero-order chi connectivity index (χ0) is 22.7. The van der Waals surface area contributed by atoms with E-state index >= 15 is 0 Å². The molecule has 0 aliphatic rings. The number of carbonyl (C=O) groups is 1. The highest BCUT2D eigenvalue weighted by Gasteiger charge is 2.21. The minimum atomic E-state index is -3.73. The number of hydrogen-bond acceptors (Lipinski definition) is 5. The van der Waals surface area contributed by atoms with Crippen LogP contribution in [0, 0.1) is 6.92 Å². The molecule has 0 fully saturated rings. The van der Waals surface area contributed by atoms with E-state index in [2.05, 4.69) is 10.3 Å². The van der Waals surface area contributed by atoms with Crippen molar-refractivity contribution in [2.45, 2.75) is 11.8 Å². The van der Waals surface area contributed by atoms with E-state index in [1.165, 1.54) is 47.0 Å². The SMILES string of the molecule is Cc1ccc(-c2csc(NC(=O)c3ccc(S(=O)(=O)N(C)c4ccccc4)cc3)n2)cc1. The number of aryl methyl sites for hydroxylation is 1. The highest BCUT2D eigenvalue weighted by molar-refractivity contribution is 7.92. The van der Waals surface area contributed by atoms with Crippen LogP contribution in [-0.2, 0) is 10.0 Å². The lowest BCUT2D eigenvalue weighted by Crippen LogP contribution is -2.26. The molecule has 1 aromatic heterocycles. The van der Waals surface area contributed by atoms with Crippen molar-refractivity contribution in [3.05, 3.63) is 95.4 Å². The first-order chi connectivity index (χ1) is 15.3. The first-order valence-corrected chi connectivity index (χ1v) is 12.1. The molecular weight excluding hydrogens is 442 g/mol. The summed E-state index contributed by atoms with van der Waals surface area (Å²) in [7, 11) is -2.23. The number of sulfonamides is 1. The van der Waals surface area contributed by atoms with Gasteiger partial charge in [0.15, 0.2) is 5.13 Å². The molecule has 0 unspecified atom stereocenters. The van der Waals surface area contributed by atoms with E-state index in [1.54, 1.807) is 24.3 Å². The first kappa shape index (κ1) is 21.7. The standard InChI is InChI=1S/C24H21N3O3S2/c1-17-8-10-18(11-9-17)22-16-31-24(25-22)26-23(28)19-12-14-21(15-13-19)32(29,30)27(2)20-6-4-3-5-7-20/h3-16H,1-2H3,(H,25,26,28). The summed E-state index contributed by atoms with van der Waals surface area (Å²) < 4.78 is 27.0. The van der Waals surface area contributed by atoms with Crippen molar-refractivity contribution in [3.8, 4) is 11.3 Å². The second-order valence-electron chi connectivity index (χ2n) is 7.19. The van der Waals surface area contributed by atoms with E-state index in [9.17, 15) is 13.2 Å². The number of rotatable bonds is 6. The Kier molecular flexibility index (Phi) is 6.07. The van der Waals surface area contributed by atoms with Gasteiger partial charge in [-0.1, -0.05) is 48.0 Å². The van der Waals surface area contributed by atoms with Crippen LogP contribution >= 0.6 is 11.3 Å². The molecule has 0 spiro atoms. The summed E-state index contributed by atoms with van der Waals surface area (Å²) in [5.41, 5.74) is 3.83. The molecule has 3 aromatic carbocycles. The molecule has 0 bridgehead atoms. The van der Waals surface area contributed by atoms with Gasteiger partial charge < -0.3 is 0 Å². The largest absolute Gasteiger partial charge is 0.298 e. The van der Waals surface area contributed by atoms with Gasteiger partial charge in [0, 0.05) is 23.6 Å². The van der Waals surface area contributed by atoms with Gasteiger partial charge >= 0.3 is 0 Å². The van der Waals surface area contributed by atoms with E-state index < -0.39 is 10.0 Å². The molecule has 4 rings (SSSR count). The lowest BCUT2D eigenvalue weighted by molar-refractivity contribution is 0.102. The van der Waals surface area contributed by atoms with Crippen LogP contribution < -0.4 is 9.62 Å². The van der Waals surface area contributed by atoms with E-state index in [0.717, 1.165) is 16.8 Å². The second-order valence-corrected chi connectivity index (χ2v) is 10.0. The second kappa shape index (κ2) is 8.94. The third-order valence-electron chi connectivity index (χ3n) is 4.97. The van der Waals surface area contributed by atoms with Crippen molar-refractivity contribution >= 4 is 38.1 Å². The number of hydrogen-bond donors (Lipinski definition) is 1. The third-order valence-corrected chi connectivity index (χ3v) is 7.52. The minimum absolute atomic E-state index is 0.108. The maximum atomic E-state index is 12.9. The molecule has 1 N–H and O–H groups in total. The van der Waals surface area contributed by atoms with Crippen LogP contribution in [0.1, 0.15) is 15.9 Å². The average Bonchev–Trinajstić information content (AvgIpc) is 3.28. The van der Waals surface area contributed by atoms with Crippen molar-refractivity contribution in [1.29, 1.82) is 0 Å². The molecule has 162 valence electrons. The maximum absolute atomic E-state index is 12.9. The van der Waals surface area contributed by atoms with Crippen molar-refractivity contribution in [2.24, 2.45) is 0 Å². The Hall–Kier alpha value is -3.49. The summed E-state index contributed by atoms with van der Waals surface area (Å²) in [6.45, 7) is 2.02. The zero-order valence-corrected chi connectivity index (χ0v) is 19.2. The van der Waals surface area contributed by atoms with Crippen molar-refractivity contribution in [3.63, 3.8) is 0 Å². The number of nitrogens with zero attached hydrogens (tertiary/aromatic N) is 2. The average molecular weight is 464 g/mol. The molecule has 6 nitrogen and oxygen atoms in total. The van der Waals surface area contributed by atoms with Crippen molar-refractivity contribution in [2.75, 3.05) is 16.7 Å². The van der Waals surface area contributed by atoms with Crippen LogP contribution in [0.2, 0.25) is 0 Å². The van der Waals surface area contributed by atoms with Crippen LogP contribution in [0.15, 0.2) is 89.1 Å². The summed E-state index contributed by atoms with van der Waals surface area (Å²) in [4.78, 5) is 17.2. The van der Waals surface area contributed by atoms with E-state index in [-0.39, 0.29) is 10.8 Å². The van der Waals surface area contributed by atoms with E-state index in [4.69, 9.17) is 0 Å². The number of para-hydroxylation sites is 1. The third kappa shape index (κ3) is 4.56. The van der Waals surface area contributed by atoms with Crippen LogP contribution in [0.5, 0.6) is 0 Å². The Morgan fingerprint density at radius 1 is 0.938 bits per heavy atom. The van der Waals surface area contributed by atoms with Crippen molar-refractivity contribution in [1.82, 2.24) is 4.98 Å². The Morgan fingerprint density at radius 3 is 2.25 bits per heavy atom. The fourth-order valence-corrected chi connectivity index (χ4v) is 4.98. The van der Waals surface area contributed by atoms with Crippen LogP contribution in [0.4, 0.5) is 10.8 Å². The summed E-state index contributed by atoms with van der Waals surface area (Å²) in [6, 6.07) is 22.7. The van der Waals surface area contributed by atoms with Gasteiger partial charge in [0.2, 0.25) is 0 Å². The van der Waals surface area contributed by atoms with E-state index in [1.807, 2.05) is 42.6 Å². The Labute approximate surface area is 191 Å². The highest BCUT2D eigenvalue weighted by atomic mass is 32.2. The molecule has 0 saturated heterocycles. The molecule has 0 radical (unpaired) electrons. The smallest absolute Gasteiger partial charge is 0.264 e. The predicted octanol–water partition coefficient (Wildman–Crippen LogP) is 5.20. The zero-order valence-electron chi connectivity index (χ0n) is 17.5. The molecule has 1 amide bonds. The van der Waals surface area contributed by atoms with Crippen LogP contribution in [-0.4, -0.2) is 26.4 Å². The van der Waals surface area contributed by atoms with Crippen LogP contribution in [0.3, 0.4) is 0 Å². The van der Waals surface area contributed by atoms with Crippen molar-refractivity contribution < 1.29 is 13.2 Å². The van der Waals surface area contributed by atoms with Gasteiger partial charge in [-0.15, -0.1) is 11.3 Å². The molecule has 0 aliphatic heterocycles. The molecule has 0 aliphatic carbocycles. The Balaban J connectivity index is 1.47. The van der Waals surface area contributed by atoms with Gasteiger partial charge in [0.1, 0.15) is 0 Å². The molecule has 0 atom stereocenters. The number of thiazole rings is 1. The molecule has 8 heteroatoms. The fourth-order valence-electron chi connectivity index (χ4n) is 3.07. The summed E-state index contributed by atoms with van der Waals surface area (Å²) in [5, 5.41) is 5.14. The Bertz CT molecular complexity index is 1330. The molecule has 4 aromatic rings. The number of carbonyl (C=O) groups excluding carboxylic acids is 1. The van der Waals surface area contributed by atoms with Crippen LogP contribution in [0.25, 0.3) is 11.3 Å².